The average Bonchev–Trinajstić information content (AvgIpc) is 3.19. The molecule has 0 saturated heterocycles. The predicted molar refractivity (Wildman–Crippen MR) is 89.1 cm³/mol. The van der Waals surface area contributed by atoms with Crippen LogP contribution in [-0.4, -0.2) is 14.7 Å². The van der Waals surface area contributed by atoms with Gasteiger partial charge in [-0.15, -0.1) is 0 Å². The third kappa shape index (κ3) is 2.40. The van der Waals surface area contributed by atoms with Crippen LogP contribution in [0.15, 0.2) is 53.5 Å². The van der Waals surface area contributed by atoms with E-state index in [9.17, 15) is 5.11 Å². The minimum atomic E-state index is 0.295. The molecule has 22 heavy (non-hydrogen) atoms. The van der Waals surface area contributed by atoms with Crippen LogP contribution in [0.3, 0.4) is 0 Å². The summed E-state index contributed by atoms with van der Waals surface area (Å²) >= 11 is 1.71. The summed E-state index contributed by atoms with van der Waals surface area (Å²) in [6, 6.07) is 9.47. The van der Waals surface area contributed by atoms with Crippen molar-refractivity contribution >= 4 is 22.9 Å². The van der Waals surface area contributed by atoms with Gasteiger partial charge in [0.15, 0.2) is 0 Å². The minimum absolute atomic E-state index is 0.295. The first-order valence-electron chi connectivity index (χ1n) is 7.10. The number of rotatable bonds is 3. The van der Waals surface area contributed by atoms with Crippen LogP contribution in [0.1, 0.15) is 16.8 Å². The molecule has 2 aromatic heterocycles. The van der Waals surface area contributed by atoms with Crippen molar-refractivity contribution in [2.75, 3.05) is 5.32 Å². The van der Waals surface area contributed by atoms with Crippen LogP contribution in [0.2, 0.25) is 0 Å². The topological polar surface area (TPSA) is 50.1 Å². The fourth-order valence-electron chi connectivity index (χ4n) is 2.66. The Morgan fingerprint density at radius 3 is 2.86 bits per heavy atom. The maximum Gasteiger partial charge on any atom is 0.207 e. The van der Waals surface area contributed by atoms with Gasteiger partial charge in [-0.3, -0.25) is 0 Å². The van der Waals surface area contributed by atoms with Crippen molar-refractivity contribution in [3.8, 4) is 5.75 Å². The highest BCUT2D eigenvalue weighted by molar-refractivity contribution is 7.08. The van der Waals surface area contributed by atoms with Crippen molar-refractivity contribution in [3.05, 3.63) is 70.3 Å². The number of anilines is 1. The van der Waals surface area contributed by atoms with Gasteiger partial charge in [-0.2, -0.15) is 11.3 Å². The molecule has 0 unspecified atom stereocenters. The zero-order valence-electron chi connectivity index (χ0n) is 11.9. The van der Waals surface area contributed by atoms with E-state index in [4.69, 9.17) is 0 Å². The van der Waals surface area contributed by atoms with Gasteiger partial charge in [0, 0.05) is 18.3 Å². The number of imidazole rings is 1. The van der Waals surface area contributed by atoms with Crippen molar-refractivity contribution < 1.29 is 5.11 Å². The molecule has 0 spiro atoms. The van der Waals surface area contributed by atoms with E-state index < -0.39 is 0 Å². The molecular formula is C17H15N3OS. The molecule has 1 aliphatic heterocycles. The van der Waals surface area contributed by atoms with Gasteiger partial charge >= 0.3 is 0 Å². The highest BCUT2D eigenvalue weighted by atomic mass is 32.1. The van der Waals surface area contributed by atoms with Crippen LogP contribution >= 0.6 is 11.3 Å². The normalized spacial score (nSPS) is 13.4. The molecule has 0 atom stereocenters. The number of fused-ring (bicyclic) bond motifs is 1. The fourth-order valence-corrected chi connectivity index (χ4v) is 3.34. The van der Waals surface area contributed by atoms with Gasteiger partial charge in [-0.25, -0.2) is 4.98 Å². The molecule has 4 rings (SSSR count). The molecule has 0 aliphatic carbocycles. The maximum absolute atomic E-state index is 9.38. The summed E-state index contributed by atoms with van der Waals surface area (Å²) in [6.07, 6.45) is 4.75. The molecule has 0 bridgehead atoms. The molecule has 2 N–H and O–H groups in total. The second-order valence-corrected chi connectivity index (χ2v) is 6.11. The summed E-state index contributed by atoms with van der Waals surface area (Å²) in [5.74, 6) is 1.18. The lowest BCUT2D eigenvalue weighted by Gasteiger charge is -2.18. The van der Waals surface area contributed by atoms with E-state index in [1.807, 2.05) is 24.5 Å². The summed E-state index contributed by atoms with van der Waals surface area (Å²) < 4.78 is 2.21. The van der Waals surface area contributed by atoms with Gasteiger partial charge in [-0.05, 0) is 45.7 Å². The summed E-state index contributed by atoms with van der Waals surface area (Å²) in [7, 11) is 0. The SMILES string of the molecule is Oc1ccc(Cc2cnc3n2CC(c2ccsc2)=CN3)cc1. The van der Waals surface area contributed by atoms with Crippen LogP contribution in [0.4, 0.5) is 5.95 Å². The number of hydrogen-bond donors (Lipinski definition) is 2. The molecule has 1 aliphatic rings. The molecular weight excluding hydrogens is 294 g/mol. The number of thiophene rings is 1. The molecule has 4 nitrogen and oxygen atoms in total. The second kappa shape index (κ2) is 5.35. The first-order chi connectivity index (χ1) is 10.8. The lowest BCUT2D eigenvalue weighted by molar-refractivity contribution is 0.475. The third-order valence-corrected chi connectivity index (χ3v) is 4.54. The zero-order valence-corrected chi connectivity index (χ0v) is 12.7. The number of benzene rings is 1. The Labute approximate surface area is 132 Å². The van der Waals surface area contributed by atoms with E-state index in [0.717, 1.165) is 30.2 Å². The molecule has 0 radical (unpaired) electrons. The Morgan fingerprint density at radius 2 is 2.09 bits per heavy atom. The van der Waals surface area contributed by atoms with Gasteiger partial charge in [0.1, 0.15) is 5.75 Å². The third-order valence-electron chi connectivity index (χ3n) is 3.86. The lowest BCUT2D eigenvalue weighted by Crippen LogP contribution is -2.14. The summed E-state index contributed by atoms with van der Waals surface area (Å²) in [4.78, 5) is 4.45. The van der Waals surface area contributed by atoms with Gasteiger partial charge in [0.05, 0.1) is 12.7 Å². The molecule has 3 heterocycles. The quantitative estimate of drug-likeness (QED) is 0.775. The smallest absolute Gasteiger partial charge is 0.207 e. The first-order valence-corrected chi connectivity index (χ1v) is 8.04. The largest absolute Gasteiger partial charge is 0.508 e. The highest BCUT2D eigenvalue weighted by Crippen LogP contribution is 2.27. The van der Waals surface area contributed by atoms with Crippen LogP contribution in [0.5, 0.6) is 5.75 Å². The molecule has 1 aromatic carbocycles. The molecule has 110 valence electrons. The number of phenols is 1. The van der Waals surface area contributed by atoms with Crippen molar-refractivity contribution in [2.24, 2.45) is 0 Å². The Bertz CT molecular complexity index is 816. The van der Waals surface area contributed by atoms with Crippen molar-refractivity contribution in [1.82, 2.24) is 9.55 Å². The molecule has 0 saturated carbocycles. The zero-order chi connectivity index (χ0) is 14.9. The Balaban J connectivity index is 1.60. The van der Waals surface area contributed by atoms with Crippen LogP contribution in [0.25, 0.3) is 5.57 Å². The molecule has 5 heteroatoms. The summed E-state index contributed by atoms with van der Waals surface area (Å²) in [6.45, 7) is 0.826. The van der Waals surface area contributed by atoms with Crippen molar-refractivity contribution in [3.63, 3.8) is 0 Å². The molecule has 0 amide bonds. The average molecular weight is 309 g/mol. The number of aromatic hydroxyl groups is 1. The maximum atomic E-state index is 9.38. The second-order valence-electron chi connectivity index (χ2n) is 5.33. The Hall–Kier alpha value is -2.53. The monoisotopic (exact) mass is 309 g/mol. The highest BCUT2D eigenvalue weighted by Gasteiger charge is 2.16. The van der Waals surface area contributed by atoms with Gasteiger partial charge in [-0.1, -0.05) is 12.1 Å². The van der Waals surface area contributed by atoms with E-state index in [1.54, 1.807) is 23.5 Å². The Kier molecular flexibility index (Phi) is 3.20. The van der Waals surface area contributed by atoms with E-state index in [1.165, 1.54) is 11.1 Å². The summed E-state index contributed by atoms with van der Waals surface area (Å²) in [5, 5.41) is 16.9. The van der Waals surface area contributed by atoms with Crippen LogP contribution < -0.4 is 5.32 Å². The lowest BCUT2D eigenvalue weighted by atomic mass is 10.1. The van der Waals surface area contributed by atoms with Gasteiger partial charge < -0.3 is 15.0 Å². The number of hydrogen-bond acceptors (Lipinski definition) is 4. The van der Waals surface area contributed by atoms with Crippen LogP contribution in [-0.2, 0) is 13.0 Å². The van der Waals surface area contributed by atoms with E-state index in [0.29, 0.717) is 5.75 Å². The number of nitrogens with one attached hydrogen (secondary N) is 1. The number of allylic oxidation sites excluding steroid dienone is 1. The fraction of sp³-hybridized carbons (Fsp3) is 0.118. The van der Waals surface area contributed by atoms with Gasteiger partial charge in [0.2, 0.25) is 5.95 Å². The predicted octanol–water partition coefficient (Wildman–Crippen LogP) is 3.71. The van der Waals surface area contributed by atoms with E-state index in [2.05, 4.69) is 31.7 Å². The summed E-state index contributed by atoms with van der Waals surface area (Å²) in [5.41, 5.74) is 4.84. The molecule has 0 fully saturated rings. The standard InChI is InChI=1S/C17H15N3OS/c21-16-3-1-12(2-4-16)7-15-9-19-17-18-8-14(10-20(15)17)13-5-6-22-11-13/h1-6,8-9,11,21H,7,10H2,(H,18,19). The van der Waals surface area contributed by atoms with E-state index >= 15 is 0 Å². The van der Waals surface area contributed by atoms with Crippen molar-refractivity contribution in [2.45, 2.75) is 13.0 Å². The number of nitrogens with zero attached hydrogens (tertiary/aromatic N) is 2. The first kappa shape index (κ1) is 13.2. The van der Waals surface area contributed by atoms with E-state index in [-0.39, 0.29) is 0 Å². The number of phenolic OH excluding ortho intramolecular Hbond substituents is 1. The van der Waals surface area contributed by atoms with Crippen molar-refractivity contribution in [1.29, 1.82) is 0 Å². The Morgan fingerprint density at radius 1 is 1.23 bits per heavy atom. The van der Waals surface area contributed by atoms with Crippen LogP contribution in [0, 0.1) is 0 Å². The molecule has 3 aromatic rings. The minimum Gasteiger partial charge on any atom is -0.508 e. The number of aromatic nitrogens is 2. The van der Waals surface area contributed by atoms with Gasteiger partial charge in [0.25, 0.3) is 0 Å².